The van der Waals surface area contributed by atoms with Crippen LogP contribution in [0, 0.1) is 0 Å². The number of imidazole rings is 1. The third kappa shape index (κ3) is 3.63. The number of nitrogens with zero attached hydrogens (tertiary/aromatic N) is 7. The highest BCUT2D eigenvalue weighted by atomic mass is 32.2. The van der Waals surface area contributed by atoms with Crippen molar-refractivity contribution in [2.45, 2.75) is 18.0 Å². The van der Waals surface area contributed by atoms with E-state index >= 15 is 0 Å². The number of fused-ring (bicyclic) bond motifs is 1. The van der Waals surface area contributed by atoms with Crippen LogP contribution in [0.3, 0.4) is 0 Å². The fourth-order valence-corrected chi connectivity index (χ4v) is 4.34. The monoisotopic (exact) mass is 483 g/mol. The molecule has 0 aliphatic heterocycles. The number of aromatic nitrogens is 7. The highest BCUT2D eigenvalue weighted by Crippen LogP contribution is 2.32. The summed E-state index contributed by atoms with van der Waals surface area (Å²) in [6.45, 7) is 1.44. The largest absolute Gasteiger partial charge is 0.435 e. The average Bonchev–Trinajstić information content (AvgIpc) is 3.41. The van der Waals surface area contributed by atoms with Crippen molar-refractivity contribution >= 4 is 20.9 Å². The number of aryl methyl sites for hydroxylation is 1. The molecule has 0 amide bonds. The molecule has 0 radical (unpaired) electrons. The van der Waals surface area contributed by atoms with Crippen molar-refractivity contribution in [3.8, 4) is 17.3 Å². The van der Waals surface area contributed by atoms with E-state index in [-0.39, 0.29) is 43.7 Å². The summed E-state index contributed by atoms with van der Waals surface area (Å²) in [5.41, 5.74) is -3.16. The second kappa shape index (κ2) is 7.68. The molecule has 0 N–H and O–H groups in total. The Balaban J connectivity index is 2.08. The van der Waals surface area contributed by atoms with Crippen molar-refractivity contribution in [2.75, 3.05) is 12.9 Å². The summed E-state index contributed by atoms with van der Waals surface area (Å²) < 4.78 is 68.4. The molecule has 0 saturated carbocycles. The van der Waals surface area contributed by atoms with Gasteiger partial charge in [0.25, 0.3) is 0 Å². The third-order valence-corrected chi connectivity index (χ3v) is 6.66. The Labute approximate surface area is 183 Å². The van der Waals surface area contributed by atoms with Gasteiger partial charge in [-0.1, -0.05) is 12.1 Å². The topological polar surface area (TPSA) is 127 Å². The Hall–Kier alpha value is -3.75. The molecule has 0 unspecified atom stereocenters. The van der Waals surface area contributed by atoms with Crippen LogP contribution < -0.4 is 10.4 Å². The number of alkyl halides is 3. The third-order valence-electron chi connectivity index (χ3n) is 4.90. The van der Waals surface area contributed by atoms with Gasteiger partial charge >= 0.3 is 11.7 Å². The molecule has 4 rings (SSSR count). The minimum absolute atomic E-state index is 0.108. The van der Waals surface area contributed by atoms with Crippen LogP contribution in [-0.2, 0) is 23.1 Å². The summed E-state index contributed by atoms with van der Waals surface area (Å²) in [6.07, 6.45) is -2.04. The van der Waals surface area contributed by atoms with Crippen LogP contribution in [0.25, 0.3) is 28.4 Å². The van der Waals surface area contributed by atoms with Gasteiger partial charge in [-0.05, 0) is 18.2 Å². The smallest absolute Gasteiger partial charge is 0.413 e. The van der Waals surface area contributed by atoms with E-state index in [1.165, 1.54) is 47.7 Å². The molecule has 4 aromatic heterocycles. The standard InChI is InChI=1S/C18H16F3N7O4S/c1-4-33(30,31)11-5-6-13(27-8-7-22-25-27)24-14(11)16-23-10-9-12(18(19,20)21)28(32-3)17(29)15(10)26(16)2/h5-9H,4H2,1-3H3. The Morgan fingerprint density at radius 1 is 1.18 bits per heavy atom. The molecule has 11 nitrogen and oxygen atoms in total. The van der Waals surface area contributed by atoms with Crippen molar-refractivity contribution in [1.82, 2.24) is 34.3 Å². The Bertz CT molecular complexity index is 1520. The molecule has 15 heteroatoms. The summed E-state index contributed by atoms with van der Waals surface area (Å²) in [6, 6.07) is 3.36. The molecule has 4 heterocycles. The van der Waals surface area contributed by atoms with E-state index in [1.54, 1.807) is 0 Å². The van der Waals surface area contributed by atoms with E-state index < -0.39 is 27.3 Å². The zero-order chi connectivity index (χ0) is 24.1. The molecular weight excluding hydrogens is 467 g/mol. The Morgan fingerprint density at radius 2 is 1.91 bits per heavy atom. The summed E-state index contributed by atoms with van der Waals surface area (Å²) in [7, 11) is -1.53. The predicted octanol–water partition coefficient (Wildman–Crippen LogP) is 1.25. The van der Waals surface area contributed by atoms with E-state index in [2.05, 4.69) is 25.1 Å². The van der Waals surface area contributed by atoms with Crippen molar-refractivity contribution in [1.29, 1.82) is 0 Å². The van der Waals surface area contributed by atoms with Crippen LogP contribution in [0.5, 0.6) is 0 Å². The second-order valence-electron chi connectivity index (χ2n) is 6.80. The first-order valence-electron chi connectivity index (χ1n) is 9.34. The first kappa shape index (κ1) is 22.4. The fraction of sp³-hybridized carbons (Fsp3) is 0.278. The van der Waals surface area contributed by atoms with Gasteiger partial charge < -0.3 is 9.40 Å². The maximum absolute atomic E-state index is 13.5. The van der Waals surface area contributed by atoms with Gasteiger partial charge in [-0.15, -0.1) is 9.83 Å². The summed E-state index contributed by atoms with van der Waals surface area (Å²) >= 11 is 0. The summed E-state index contributed by atoms with van der Waals surface area (Å²) in [5.74, 6) is -0.198. The Kier molecular flexibility index (Phi) is 5.23. The van der Waals surface area contributed by atoms with Crippen molar-refractivity contribution < 1.29 is 26.4 Å². The minimum atomic E-state index is -4.90. The van der Waals surface area contributed by atoms with Crippen molar-refractivity contribution in [3.63, 3.8) is 0 Å². The molecule has 4 aromatic rings. The fourth-order valence-electron chi connectivity index (χ4n) is 3.32. The maximum Gasteiger partial charge on any atom is 0.435 e. The van der Waals surface area contributed by atoms with Crippen LogP contribution >= 0.6 is 0 Å². The van der Waals surface area contributed by atoms with E-state index in [4.69, 9.17) is 0 Å². The van der Waals surface area contributed by atoms with E-state index in [1.807, 2.05) is 0 Å². The average molecular weight is 483 g/mol. The van der Waals surface area contributed by atoms with Gasteiger partial charge in [0.1, 0.15) is 18.3 Å². The van der Waals surface area contributed by atoms with Crippen molar-refractivity contribution in [3.05, 3.63) is 46.6 Å². The number of halogens is 3. The molecule has 0 aliphatic carbocycles. The molecule has 0 fully saturated rings. The lowest BCUT2D eigenvalue weighted by atomic mass is 10.3. The van der Waals surface area contributed by atoms with Gasteiger partial charge in [0.2, 0.25) is 0 Å². The normalized spacial score (nSPS) is 12.4. The van der Waals surface area contributed by atoms with E-state index in [0.717, 1.165) is 7.11 Å². The number of rotatable bonds is 5. The van der Waals surface area contributed by atoms with Crippen LogP contribution in [-0.4, -0.2) is 55.5 Å². The molecule has 0 saturated heterocycles. The predicted molar refractivity (Wildman–Crippen MR) is 108 cm³/mol. The van der Waals surface area contributed by atoms with Crippen molar-refractivity contribution in [2.24, 2.45) is 7.05 Å². The Morgan fingerprint density at radius 3 is 2.48 bits per heavy atom. The van der Waals surface area contributed by atoms with E-state index in [9.17, 15) is 26.4 Å². The van der Waals surface area contributed by atoms with E-state index in [0.29, 0.717) is 6.07 Å². The molecule has 0 atom stereocenters. The molecular formula is C18H16F3N7O4S. The van der Waals surface area contributed by atoms with Crippen LogP contribution in [0.4, 0.5) is 13.2 Å². The van der Waals surface area contributed by atoms with Gasteiger partial charge in [-0.3, -0.25) is 4.79 Å². The summed E-state index contributed by atoms with van der Waals surface area (Å²) in [4.78, 5) is 25.7. The molecule has 0 bridgehead atoms. The summed E-state index contributed by atoms with van der Waals surface area (Å²) in [5, 5.41) is 7.48. The lowest BCUT2D eigenvalue weighted by Crippen LogP contribution is -2.32. The molecule has 0 aliphatic rings. The second-order valence-corrected chi connectivity index (χ2v) is 9.05. The van der Waals surface area contributed by atoms with Crippen LogP contribution in [0.2, 0.25) is 0 Å². The van der Waals surface area contributed by atoms with Gasteiger partial charge in [0, 0.05) is 7.05 Å². The van der Waals surface area contributed by atoms with Crippen LogP contribution in [0.15, 0.2) is 40.3 Å². The number of sulfone groups is 1. The minimum Gasteiger partial charge on any atom is -0.413 e. The van der Waals surface area contributed by atoms with Gasteiger partial charge in [0.05, 0.1) is 28.6 Å². The highest BCUT2D eigenvalue weighted by molar-refractivity contribution is 7.91. The SMILES string of the molecule is CCS(=O)(=O)c1ccc(-n2ccnn2)nc1-c1nc2cc(C(F)(F)F)n(OC)c(=O)c2n1C. The van der Waals surface area contributed by atoms with Gasteiger partial charge in [-0.2, -0.15) is 13.2 Å². The number of pyridine rings is 2. The molecule has 33 heavy (non-hydrogen) atoms. The van der Waals surface area contributed by atoms with Crippen LogP contribution in [0.1, 0.15) is 12.6 Å². The first-order valence-corrected chi connectivity index (χ1v) is 11.0. The highest BCUT2D eigenvalue weighted by Gasteiger charge is 2.37. The molecule has 0 aromatic carbocycles. The maximum atomic E-state index is 13.5. The number of hydrogen-bond donors (Lipinski definition) is 0. The van der Waals surface area contributed by atoms with Gasteiger partial charge in [0.15, 0.2) is 27.2 Å². The zero-order valence-corrected chi connectivity index (χ0v) is 18.2. The molecule has 0 spiro atoms. The lowest BCUT2D eigenvalue weighted by Gasteiger charge is -2.13. The zero-order valence-electron chi connectivity index (χ0n) is 17.4. The lowest BCUT2D eigenvalue weighted by molar-refractivity contribution is -0.151. The quantitative estimate of drug-likeness (QED) is 0.415. The molecule has 174 valence electrons. The van der Waals surface area contributed by atoms with Gasteiger partial charge in [-0.25, -0.2) is 23.1 Å². The first-order chi connectivity index (χ1) is 15.5. The number of hydrogen-bond acceptors (Lipinski definition) is 8.